The number of para-hydroxylation sites is 2. The molecule has 1 amide bonds. The van der Waals surface area contributed by atoms with Crippen molar-refractivity contribution in [2.75, 3.05) is 45.8 Å². The van der Waals surface area contributed by atoms with Crippen molar-refractivity contribution in [3.05, 3.63) is 47.0 Å². The summed E-state index contributed by atoms with van der Waals surface area (Å²) in [6, 6.07) is 11.1. The topological polar surface area (TPSA) is 54.9 Å². The van der Waals surface area contributed by atoms with Crippen LogP contribution in [0.3, 0.4) is 0 Å². The maximum Gasteiger partial charge on any atom is 0.266 e. The van der Waals surface area contributed by atoms with Gasteiger partial charge in [-0.1, -0.05) is 35.1 Å². The Morgan fingerprint density at radius 2 is 1.86 bits per heavy atom. The van der Waals surface area contributed by atoms with Gasteiger partial charge in [-0.2, -0.15) is 0 Å². The fourth-order valence-electron chi connectivity index (χ4n) is 2.79. The Morgan fingerprint density at radius 1 is 1.14 bits per heavy atom. The third-order valence-electron chi connectivity index (χ3n) is 4.46. The van der Waals surface area contributed by atoms with E-state index >= 15 is 0 Å². The fourth-order valence-corrected chi connectivity index (χ4v) is 4.01. The van der Waals surface area contributed by atoms with E-state index in [1.807, 2.05) is 50.2 Å². The van der Waals surface area contributed by atoms with Crippen molar-refractivity contribution in [1.82, 2.24) is 9.88 Å². The molecule has 0 spiro atoms. The summed E-state index contributed by atoms with van der Waals surface area (Å²) in [6.45, 7) is 3.04. The zero-order chi connectivity index (χ0) is 21.0. The molecule has 0 N–H and O–H groups in total. The number of benzene rings is 2. The molecule has 6 nitrogen and oxygen atoms in total. The van der Waals surface area contributed by atoms with Gasteiger partial charge in [-0.05, 0) is 50.8 Å². The van der Waals surface area contributed by atoms with Crippen molar-refractivity contribution in [2.24, 2.45) is 0 Å². The van der Waals surface area contributed by atoms with Crippen molar-refractivity contribution in [3.8, 4) is 11.5 Å². The summed E-state index contributed by atoms with van der Waals surface area (Å²) in [5.74, 6) is 0.953. The summed E-state index contributed by atoms with van der Waals surface area (Å²) >= 11 is 7.71. The summed E-state index contributed by atoms with van der Waals surface area (Å²) in [5, 5.41) is 1.31. The number of ether oxygens (including phenoxy) is 2. The molecule has 8 heteroatoms. The molecule has 0 aliphatic carbocycles. The van der Waals surface area contributed by atoms with E-state index in [1.54, 1.807) is 24.1 Å². The number of carbonyl (C=O) groups excluding carboxylic acids is 1. The van der Waals surface area contributed by atoms with Crippen LogP contribution >= 0.6 is 22.9 Å². The van der Waals surface area contributed by atoms with Crippen molar-refractivity contribution in [3.63, 3.8) is 0 Å². The molecule has 0 atom stereocenters. The van der Waals surface area contributed by atoms with Gasteiger partial charge in [0.2, 0.25) is 0 Å². The number of fused-ring (bicyclic) bond motifs is 1. The summed E-state index contributed by atoms with van der Waals surface area (Å²) in [4.78, 5) is 21.4. The molecular formula is C21H24ClN3O3S. The first-order valence-electron chi connectivity index (χ1n) is 9.17. The van der Waals surface area contributed by atoms with E-state index in [0.29, 0.717) is 34.7 Å². The van der Waals surface area contributed by atoms with Crippen LogP contribution in [0.4, 0.5) is 5.13 Å². The average molecular weight is 434 g/mol. The molecule has 0 saturated carbocycles. The van der Waals surface area contributed by atoms with Gasteiger partial charge < -0.3 is 14.4 Å². The van der Waals surface area contributed by atoms with Gasteiger partial charge >= 0.3 is 0 Å². The number of aryl methyl sites for hydroxylation is 1. The van der Waals surface area contributed by atoms with Crippen LogP contribution in [0.1, 0.15) is 5.56 Å². The van der Waals surface area contributed by atoms with Gasteiger partial charge in [0.1, 0.15) is 0 Å². The molecular weight excluding hydrogens is 410 g/mol. The molecule has 0 radical (unpaired) electrons. The van der Waals surface area contributed by atoms with E-state index in [4.69, 9.17) is 26.1 Å². The number of halogens is 1. The summed E-state index contributed by atoms with van der Waals surface area (Å²) < 4.78 is 12.0. The molecule has 3 aromatic rings. The van der Waals surface area contributed by atoms with E-state index in [1.165, 1.54) is 11.3 Å². The van der Waals surface area contributed by atoms with E-state index < -0.39 is 0 Å². The molecule has 1 aromatic heterocycles. The minimum Gasteiger partial charge on any atom is -0.493 e. The number of hydrogen-bond acceptors (Lipinski definition) is 6. The highest BCUT2D eigenvalue weighted by Crippen LogP contribution is 2.34. The fraction of sp³-hybridized carbons (Fsp3) is 0.333. The molecule has 154 valence electrons. The lowest BCUT2D eigenvalue weighted by atomic mass is 10.2. The second kappa shape index (κ2) is 9.43. The highest BCUT2D eigenvalue weighted by Gasteiger charge is 2.22. The van der Waals surface area contributed by atoms with E-state index in [0.717, 1.165) is 15.8 Å². The van der Waals surface area contributed by atoms with Gasteiger partial charge in [-0.15, -0.1) is 0 Å². The lowest BCUT2D eigenvalue weighted by Crippen LogP contribution is -2.39. The first-order valence-corrected chi connectivity index (χ1v) is 10.4. The lowest BCUT2D eigenvalue weighted by molar-refractivity contribution is -0.120. The Balaban J connectivity index is 1.84. The predicted molar refractivity (Wildman–Crippen MR) is 119 cm³/mol. The van der Waals surface area contributed by atoms with Crippen LogP contribution < -0.4 is 14.4 Å². The third-order valence-corrected chi connectivity index (χ3v) is 5.91. The molecule has 0 aliphatic heterocycles. The van der Waals surface area contributed by atoms with Crippen LogP contribution in [0.15, 0.2) is 36.4 Å². The van der Waals surface area contributed by atoms with Gasteiger partial charge in [0.05, 0.1) is 17.3 Å². The third kappa shape index (κ3) is 4.98. The number of nitrogens with zero attached hydrogens (tertiary/aromatic N) is 3. The zero-order valence-electron chi connectivity index (χ0n) is 16.9. The average Bonchev–Trinajstić information content (AvgIpc) is 3.14. The minimum absolute atomic E-state index is 0.108. The van der Waals surface area contributed by atoms with Crippen LogP contribution in [0.2, 0.25) is 5.02 Å². The van der Waals surface area contributed by atoms with E-state index in [-0.39, 0.29) is 12.5 Å². The molecule has 3 rings (SSSR count). The van der Waals surface area contributed by atoms with Gasteiger partial charge in [0.15, 0.2) is 23.2 Å². The van der Waals surface area contributed by atoms with Crippen LogP contribution in [0, 0.1) is 6.92 Å². The molecule has 0 bridgehead atoms. The normalized spacial score (nSPS) is 11.1. The van der Waals surface area contributed by atoms with Gasteiger partial charge in [-0.25, -0.2) is 4.98 Å². The summed E-state index contributed by atoms with van der Waals surface area (Å²) in [6.07, 6.45) is 0. The molecule has 2 aromatic carbocycles. The second-order valence-electron chi connectivity index (χ2n) is 6.80. The predicted octanol–water partition coefficient (Wildman–Crippen LogP) is 4.24. The van der Waals surface area contributed by atoms with E-state index in [9.17, 15) is 4.79 Å². The number of rotatable bonds is 8. The molecule has 0 aliphatic rings. The minimum atomic E-state index is -0.166. The molecule has 0 unspecified atom stereocenters. The Bertz CT molecular complexity index is 1010. The number of anilines is 1. The second-order valence-corrected chi connectivity index (χ2v) is 8.22. The van der Waals surface area contributed by atoms with Gasteiger partial charge in [-0.3, -0.25) is 9.69 Å². The Labute approximate surface area is 179 Å². The van der Waals surface area contributed by atoms with Gasteiger partial charge in [0.25, 0.3) is 5.91 Å². The van der Waals surface area contributed by atoms with Crippen LogP contribution in [-0.2, 0) is 4.79 Å². The van der Waals surface area contributed by atoms with Crippen LogP contribution in [-0.4, -0.2) is 56.7 Å². The highest BCUT2D eigenvalue weighted by molar-refractivity contribution is 7.22. The monoisotopic (exact) mass is 433 g/mol. The zero-order valence-corrected chi connectivity index (χ0v) is 18.5. The van der Waals surface area contributed by atoms with Crippen molar-refractivity contribution in [2.45, 2.75) is 6.92 Å². The van der Waals surface area contributed by atoms with Crippen molar-refractivity contribution < 1.29 is 14.3 Å². The number of aromatic nitrogens is 1. The van der Waals surface area contributed by atoms with Crippen LogP contribution in [0.25, 0.3) is 10.2 Å². The SMILES string of the molecule is COc1ccccc1OCC(=O)N(CCN(C)C)c1nc2c(C)c(Cl)ccc2s1. The largest absolute Gasteiger partial charge is 0.493 e. The maximum absolute atomic E-state index is 13.0. The quantitative estimate of drug-likeness (QED) is 0.531. The van der Waals surface area contributed by atoms with Crippen LogP contribution in [0.5, 0.6) is 11.5 Å². The van der Waals surface area contributed by atoms with Crippen molar-refractivity contribution in [1.29, 1.82) is 0 Å². The first kappa shape index (κ1) is 21.4. The molecule has 0 saturated heterocycles. The number of methoxy groups -OCH3 is 1. The first-order chi connectivity index (χ1) is 13.9. The lowest BCUT2D eigenvalue weighted by Gasteiger charge is -2.22. The standard InChI is InChI=1S/C21H24ClN3O3S/c1-14-15(22)9-10-18-20(14)23-21(29-18)25(12-11-24(2)3)19(26)13-28-17-8-6-5-7-16(17)27-4/h5-10H,11-13H2,1-4H3. The molecule has 1 heterocycles. The number of carbonyl (C=O) groups is 1. The number of likely N-dealkylation sites (N-methyl/N-ethyl adjacent to an activating group) is 1. The van der Waals surface area contributed by atoms with Crippen molar-refractivity contribution >= 4 is 44.2 Å². The smallest absolute Gasteiger partial charge is 0.266 e. The van der Waals surface area contributed by atoms with E-state index in [2.05, 4.69) is 0 Å². The Kier molecular flexibility index (Phi) is 6.95. The summed E-state index contributed by atoms with van der Waals surface area (Å²) in [7, 11) is 5.51. The number of amides is 1. The molecule has 29 heavy (non-hydrogen) atoms. The van der Waals surface area contributed by atoms with Gasteiger partial charge in [0, 0.05) is 18.1 Å². The Morgan fingerprint density at radius 3 is 2.55 bits per heavy atom. The number of hydrogen-bond donors (Lipinski definition) is 0. The molecule has 0 fully saturated rings. The number of thiazole rings is 1. The summed E-state index contributed by atoms with van der Waals surface area (Å²) in [5.41, 5.74) is 1.74. The maximum atomic E-state index is 13.0. The highest BCUT2D eigenvalue weighted by atomic mass is 35.5. The Hall–Kier alpha value is -2.35.